The Bertz CT molecular complexity index is 1250. The minimum Gasteiger partial charge on any atom is -0.497 e. The van der Waals surface area contributed by atoms with Crippen LogP contribution < -0.4 is 4.74 Å². The first-order valence-corrected chi connectivity index (χ1v) is 10.5. The second-order valence-electron chi connectivity index (χ2n) is 6.59. The van der Waals surface area contributed by atoms with Gasteiger partial charge < -0.3 is 4.74 Å². The summed E-state index contributed by atoms with van der Waals surface area (Å²) in [5, 5.41) is 20.0. The number of rotatable bonds is 8. The number of nitro groups is 1. The Morgan fingerprint density at radius 2 is 1.65 bits per heavy atom. The van der Waals surface area contributed by atoms with E-state index in [1.165, 1.54) is 36.0 Å². The van der Waals surface area contributed by atoms with E-state index in [1.807, 2.05) is 41.0 Å². The molecule has 2 aromatic heterocycles. The maximum atomic E-state index is 12.6. The van der Waals surface area contributed by atoms with Crippen LogP contribution >= 0.6 is 45.7 Å². The molecule has 0 N–H and O–H groups in total. The SMILES string of the molecule is Br.Br.COc1ccc(-n2c(SCC(=O)c3ccc([N+](=O)[O-])cc3)nnc2-c2ccncc2)cc1. The zero-order chi connectivity index (χ0) is 22.5. The minimum absolute atomic E-state index is 0. The molecule has 0 fully saturated rings. The Labute approximate surface area is 220 Å². The molecule has 34 heavy (non-hydrogen) atoms. The number of Topliss-reactive ketones (excluding diaryl/α,β-unsaturated/α-hetero) is 1. The number of carbonyl (C=O) groups is 1. The fraction of sp³-hybridized carbons (Fsp3) is 0.0909. The zero-order valence-corrected chi connectivity index (χ0v) is 22.0. The van der Waals surface area contributed by atoms with E-state index >= 15 is 0 Å². The summed E-state index contributed by atoms with van der Waals surface area (Å²) in [5.41, 5.74) is 1.98. The summed E-state index contributed by atoms with van der Waals surface area (Å²) in [4.78, 5) is 27.0. The van der Waals surface area contributed by atoms with Gasteiger partial charge in [-0.2, -0.15) is 0 Å². The smallest absolute Gasteiger partial charge is 0.269 e. The van der Waals surface area contributed by atoms with Crippen LogP contribution in [-0.2, 0) is 0 Å². The molecule has 9 nitrogen and oxygen atoms in total. The maximum absolute atomic E-state index is 12.6. The van der Waals surface area contributed by atoms with E-state index in [2.05, 4.69) is 15.2 Å². The third kappa shape index (κ3) is 6.07. The van der Waals surface area contributed by atoms with Crippen molar-refractivity contribution >= 4 is 57.2 Å². The van der Waals surface area contributed by atoms with Crippen LogP contribution in [0.1, 0.15) is 10.4 Å². The first kappa shape index (κ1) is 27.2. The highest BCUT2D eigenvalue weighted by Crippen LogP contribution is 2.29. The van der Waals surface area contributed by atoms with Crippen LogP contribution in [0.5, 0.6) is 5.75 Å². The third-order valence-corrected chi connectivity index (χ3v) is 5.56. The highest BCUT2D eigenvalue weighted by atomic mass is 79.9. The van der Waals surface area contributed by atoms with E-state index in [0.29, 0.717) is 16.5 Å². The molecule has 0 atom stereocenters. The molecule has 2 heterocycles. The van der Waals surface area contributed by atoms with Gasteiger partial charge in [0.25, 0.3) is 5.69 Å². The first-order chi connectivity index (χ1) is 15.6. The van der Waals surface area contributed by atoms with Crippen molar-refractivity contribution in [3.63, 3.8) is 0 Å². The number of methoxy groups -OCH3 is 1. The van der Waals surface area contributed by atoms with E-state index in [-0.39, 0.29) is 51.2 Å². The van der Waals surface area contributed by atoms with Gasteiger partial charge in [-0.25, -0.2) is 0 Å². The first-order valence-electron chi connectivity index (χ1n) is 9.47. The van der Waals surface area contributed by atoms with Crippen LogP contribution in [0.25, 0.3) is 17.1 Å². The molecule has 0 aliphatic heterocycles. The number of nitrogens with zero attached hydrogens (tertiary/aromatic N) is 5. The lowest BCUT2D eigenvalue weighted by atomic mass is 10.1. The molecule has 0 aliphatic carbocycles. The van der Waals surface area contributed by atoms with Crippen molar-refractivity contribution in [3.05, 3.63) is 88.7 Å². The van der Waals surface area contributed by atoms with Gasteiger partial charge in [0.2, 0.25) is 0 Å². The molecule has 2 aromatic carbocycles. The third-order valence-electron chi connectivity index (χ3n) is 4.63. The number of aromatic nitrogens is 4. The molecule has 4 aromatic rings. The number of nitro benzene ring substituents is 1. The molecular weight excluding hydrogens is 590 g/mol. The average molecular weight is 609 g/mol. The summed E-state index contributed by atoms with van der Waals surface area (Å²) in [6.07, 6.45) is 3.35. The predicted octanol–water partition coefficient (Wildman–Crippen LogP) is 5.38. The van der Waals surface area contributed by atoms with Crippen molar-refractivity contribution in [2.45, 2.75) is 5.16 Å². The van der Waals surface area contributed by atoms with Gasteiger partial charge in [-0.15, -0.1) is 44.2 Å². The maximum Gasteiger partial charge on any atom is 0.269 e. The van der Waals surface area contributed by atoms with Gasteiger partial charge >= 0.3 is 0 Å². The van der Waals surface area contributed by atoms with Crippen LogP contribution in [-0.4, -0.2) is 43.3 Å². The van der Waals surface area contributed by atoms with Crippen LogP contribution in [0, 0.1) is 10.1 Å². The lowest BCUT2D eigenvalue weighted by molar-refractivity contribution is -0.384. The summed E-state index contributed by atoms with van der Waals surface area (Å²) < 4.78 is 7.11. The molecule has 4 rings (SSSR count). The molecule has 0 amide bonds. The molecule has 0 saturated carbocycles. The highest BCUT2D eigenvalue weighted by Gasteiger charge is 2.18. The van der Waals surface area contributed by atoms with Gasteiger partial charge in [-0.3, -0.25) is 24.5 Å². The van der Waals surface area contributed by atoms with Gasteiger partial charge in [-0.1, -0.05) is 11.8 Å². The van der Waals surface area contributed by atoms with Gasteiger partial charge in [0.15, 0.2) is 16.8 Å². The molecular formula is C22H19Br2N5O4S. The van der Waals surface area contributed by atoms with Gasteiger partial charge in [0, 0.05) is 41.3 Å². The number of hydrogen-bond donors (Lipinski definition) is 0. The van der Waals surface area contributed by atoms with E-state index < -0.39 is 4.92 Å². The van der Waals surface area contributed by atoms with Crippen LogP contribution in [0.3, 0.4) is 0 Å². The van der Waals surface area contributed by atoms with Crippen molar-refractivity contribution in [1.29, 1.82) is 0 Å². The number of hydrogen-bond acceptors (Lipinski definition) is 8. The van der Waals surface area contributed by atoms with Crippen molar-refractivity contribution in [2.75, 3.05) is 12.9 Å². The number of ketones is 1. The summed E-state index contributed by atoms with van der Waals surface area (Å²) in [6.45, 7) is 0. The largest absolute Gasteiger partial charge is 0.497 e. The molecule has 0 unspecified atom stereocenters. The van der Waals surface area contributed by atoms with Crippen molar-refractivity contribution in [3.8, 4) is 22.8 Å². The molecule has 0 bridgehead atoms. The topological polar surface area (TPSA) is 113 Å². The van der Waals surface area contributed by atoms with Crippen molar-refractivity contribution in [2.24, 2.45) is 0 Å². The number of non-ortho nitro benzene ring substituents is 1. The Hall–Kier alpha value is -3.09. The zero-order valence-electron chi connectivity index (χ0n) is 17.7. The predicted molar refractivity (Wildman–Crippen MR) is 140 cm³/mol. The Balaban J connectivity index is 0.00000204. The van der Waals surface area contributed by atoms with Crippen LogP contribution in [0.2, 0.25) is 0 Å². The van der Waals surface area contributed by atoms with Gasteiger partial charge in [-0.05, 0) is 48.5 Å². The van der Waals surface area contributed by atoms with Crippen molar-refractivity contribution < 1.29 is 14.5 Å². The molecule has 0 aliphatic rings. The molecule has 176 valence electrons. The summed E-state index contributed by atoms with van der Waals surface area (Å²) >= 11 is 1.24. The molecule has 0 radical (unpaired) electrons. The van der Waals surface area contributed by atoms with Crippen LogP contribution in [0.15, 0.2) is 78.2 Å². The van der Waals surface area contributed by atoms with Gasteiger partial charge in [0.05, 0.1) is 17.8 Å². The van der Waals surface area contributed by atoms with E-state index in [9.17, 15) is 14.9 Å². The number of benzene rings is 2. The van der Waals surface area contributed by atoms with Gasteiger partial charge in [0.1, 0.15) is 5.75 Å². The van der Waals surface area contributed by atoms with Crippen molar-refractivity contribution in [1.82, 2.24) is 19.7 Å². The minimum atomic E-state index is -0.499. The monoisotopic (exact) mass is 607 g/mol. The summed E-state index contributed by atoms with van der Waals surface area (Å²) in [6, 6.07) is 16.7. The fourth-order valence-electron chi connectivity index (χ4n) is 3.00. The Morgan fingerprint density at radius 3 is 2.24 bits per heavy atom. The van der Waals surface area contributed by atoms with E-state index in [4.69, 9.17) is 4.74 Å². The van der Waals surface area contributed by atoms with E-state index in [0.717, 1.165) is 17.0 Å². The summed E-state index contributed by atoms with van der Waals surface area (Å²) in [7, 11) is 1.60. The standard InChI is InChI=1S/C22H17N5O4S.2BrH/c1-31-19-8-6-17(7-9-19)26-21(16-10-12-23-13-11-16)24-25-22(26)32-14-20(28)15-2-4-18(5-3-15)27(29)30;;/h2-13H,14H2,1H3;2*1H. The lowest BCUT2D eigenvalue weighted by Gasteiger charge is -2.11. The number of carbonyl (C=O) groups excluding carboxylic acids is 1. The number of pyridine rings is 1. The summed E-state index contributed by atoms with van der Waals surface area (Å²) in [5.74, 6) is 1.26. The Kier molecular flexibility index (Phi) is 9.90. The quantitative estimate of drug-likeness (QED) is 0.113. The molecule has 12 heteroatoms. The molecule has 0 saturated heterocycles. The Morgan fingerprint density at radius 1 is 1.00 bits per heavy atom. The highest BCUT2D eigenvalue weighted by molar-refractivity contribution is 8.93. The lowest BCUT2D eigenvalue weighted by Crippen LogP contribution is -2.05. The average Bonchev–Trinajstić information content (AvgIpc) is 3.27. The second kappa shape index (κ2) is 12.4. The normalized spacial score (nSPS) is 10.0. The second-order valence-corrected chi connectivity index (χ2v) is 7.53. The van der Waals surface area contributed by atoms with Crippen LogP contribution in [0.4, 0.5) is 5.69 Å². The number of halogens is 2. The number of thioether (sulfide) groups is 1. The number of ether oxygens (including phenoxy) is 1. The van der Waals surface area contributed by atoms with E-state index in [1.54, 1.807) is 19.5 Å². The fourth-order valence-corrected chi connectivity index (χ4v) is 3.84. The molecule has 0 spiro atoms.